The number of carbonyl (C=O) groups is 2. The van der Waals surface area contributed by atoms with E-state index in [0.717, 1.165) is 47.6 Å². The number of hydrogen-bond acceptors (Lipinski definition) is 4. The van der Waals surface area contributed by atoms with Crippen LogP contribution in [0.4, 0.5) is 18.9 Å². The van der Waals surface area contributed by atoms with Gasteiger partial charge in [0, 0.05) is 24.4 Å². The predicted octanol–water partition coefficient (Wildman–Crippen LogP) is 3.88. The van der Waals surface area contributed by atoms with Crippen LogP contribution in [0.15, 0.2) is 47.7 Å². The molecule has 0 fully saturated rings. The zero-order valence-corrected chi connectivity index (χ0v) is 16.3. The van der Waals surface area contributed by atoms with E-state index in [4.69, 9.17) is 15.6 Å². The van der Waals surface area contributed by atoms with Crippen molar-refractivity contribution in [1.82, 2.24) is 0 Å². The normalized spacial score (nSPS) is 15.1. The largest absolute Gasteiger partial charge is 0.489 e. The Morgan fingerprint density at radius 3 is 2.61 bits per heavy atom. The number of carboxylic acids is 1. The maximum absolute atomic E-state index is 13.2. The van der Waals surface area contributed by atoms with Gasteiger partial charge in [-0.3, -0.25) is 9.59 Å². The molecule has 2 aromatic carbocycles. The van der Waals surface area contributed by atoms with Gasteiger partial charge in [-0.1, -0.05) is 6.07 Å². The zero-order valence-electron chi connectivity index (χ0n) is 16.3. The highest BCUT2D eigenvalue weighted by atomic mass is 19.4. The van der Waals surface area contributed by atoms with Gasteiger partial charge in [-0.2, -0.15) is 13.2 Å². The number of fused-ring (bicyclic) bond motifs is 3. The Morgan fingerprint density at radius 2 is 1.94 bits per heavy atom. The third kappa shape index (κ3) is 4.08. The van der Waals surface area contributed by atoms with Crippen molar-refractivity contribution in [2.75, 3.05) is 11.4 Å². The number of carboxylic acid groups (broad SMARTS) is 1. The first-order chi connectivity index (χ1) is 14.6. The van der Waals surface area contributed by atoms with Gasteiger partial charge in [-0.15, -0.1) is 0 Å². The summed E-state index contributed by atoms with van der Waals surface area (Å²) in [5, 5.41) is 9.08. The molecule has 0 aromatic heterocycles. The minimum atomic E-state index is -4.71. The molecule has 2 heterocycles. The second kappa shape index (κ2) is 7.64. The van der Waals surface area contributed by atoms with Crippen LogP contribution in [0.3, 0.4) is 0 Å². The van der Waals surface area contributed by atoms with Gasteiger partial charge in [-0.25, -0.2) is 0 Å². The lowest BCUT2D eigenvalue weighted by molar-refractivity contribution is -0.138. The predicted molar refractivity (Wildman–Crippen MR) is 106 cm³/mol. The number of amides is 1. The smallest absolute Gasteiger partial charge is 0.417 e. The van der Waals surface area contributed by atoms with E-state index < -0.39 is 29.2 Å². The van der Waals surface area contributed by atoms with Crippen LogP contribution in [-0.4, -0.2) is 23.5 Å². The average molecular weight is 432 g/mol. The van der Waals surface area contributed by atoms with Crippen molar-refractivity contribution >= 4 is 17.6 Å². The lowest BCUT2D eigenvalue weighted by Crippen LogP contribution is -2.19. The summed E-state index contributed by atoms with van der Waals surface area (Å²) in [4.78, 5) is 24.5. The summed E-state index contributed by atoms with van der Waals surface area (Å²) >= 11 is 0. The van der Waals surface area contributed by atoms with Crippen molar-refractivity contribution in [3.8, 4) is 5.75 Å². The maximum Gasteiger partial charge on any atom is 0.417 e. The van der Waals surface area contributed by atoms with Gasteiger partial charge < -0.3 is 20.5 Å². The Bertz CT molecular complexity index is 1110. The Balaban J connectivity index is 1.51. The van der Waals surface area contributed by atoms with Crippen LogP contribution in [0, 0.1) is 0 Å². The zero-order chi connectivity index (χ0) is 22.3. The van der Waals surface area contributed by atoms with Crippen LogP contribution in [-0.2, 0) is 24.0 Å². The summed E-state index contributed by atoms with van der Waals surface area (Å²) in [6, 6.07) is 8.73. The third-order valence-corrected chi connectivity index (χ3v) is 5.50. The van der Waals surface area contributed by atoms with E-state index in [2.05, 4.69) is 4.90 Å². The summed E-state index contributed by atoms with van der Waals surface area (Å²) in [6.07, 6.45) is -3.36. The number of halogens is 3. The fourth-order valence-electron chi connectivity index (χ4n) is 4.11. The third-order valence-electron chi connectivity index (χ3n) is 5.50. The topological polar surface area (TPSA) is 92.9 Å². The first-order valence-electron chi connectivity index (χ1n) is 9.59. The Labute approximate surface area is 175 Å². The van der Waals surface area contributed by atoms with Crippen molar-refractivity contribution in [3.63, 3.8) is 0 Å². The minimum Gasteiger partial charge on any atom is -0.489 e. The molecule has 2 aromatic rings. The molecule has 6 nitrogen and oxygen atoms in total. The molecule has 2 aliphatic rings. The molecule has 0 aliphatic carbocycles. The first kappa shape index (κ1) is 20.8. The molecule has 0 spiro atoms. The van der Waals surface area contributed by atoms with Gasteiger partial charge in [0.05, 0.1) is 17.5 Å². The number of hydrogen-bond donors (Lipinski definition) is 2. The molecule has 4 rings (SSSR count). The van der Waals surface area contributed by atoms with E-state index in [0.29, 0.717) is 12.2 Å². The number of nitrogens with two attached hydrogens (primary N) is 1. The van der Waals surface area contributed by atoms with E-state index in [-0.39, 0.29) is 18.6 Å². The van der Waals surface area contributed by atoms with Crippen molar-refractivity contribution < 1.29 is 32.6 Å². The highest BCUT2D eigenvalue weighted by Crippen LogP contribution is 2.42. The molecule has 0 bridgehead atoms. The fraction of sp³-hybridized carbons (Fsp3) is 0.273. The summed E-state index contributed by atoms with van der Waals surface area (Å²) in [5.74, 6) is -1.51. The minimum absolute atomic E-state index is 0.0199. The number of benzene rings is 2. The number of alkyl halides is 3. The van der Waals surface area contributed by atoms with Crippen LogP contribution in [0.1, 0.15) is 39.9 Å². The molecule has 1 amide bonds. The Kier molecular flexibility index (Phi) is 5.12. The highest BCUT2D eigenvalue weighted by Gasteiger charge is 2.35. The van der Waals surface area contributed by atoms with Gasteiger partial charge in [0.1, 0.15) is 12.4 Å². The van der Waals surface area contributed by atoms with Crippen molar-refractivity contribution in [2.24, 2.45) is 5.73 Å². The Morgan fingerprint density at radius 1 is 1.16 bits per heavy atom. The van der Waals surface area contributed by atoms with E-state index in [9.17, 15) is 22.8 Å². The number of nitrogens with zero attached hydrogens (tertiary/aromatic N) is 1. The van der Waals surface area contributed by atoms with Crippen LogP contribution in [0.2, 0.25) is 0 Å². The van der Waals surface area contributed by atoms with Crippen molar-refractivity contribution in [1.29, 1.82) is 0 Å². The molecule has 162 valence electrons. The quantitative estimate of drug-likeness (QED) is 0.723. The molecule has 31 heavy (non-hydrogen) atoms. The summed E-state index contributed by atoms with van der Waals surface area (Å²) in [6.45, 7) is 0.620. The summed E-state index contributed by atoms with van der Waals surface area (Å²) < 4.78 is 45.4. The Hall–Kier alpha value is -3.49. The molecule has 2 aliphatic heterocycles. The average Bonchev–Trinajstić information content (AvgIpc) is 3.24. The molecular weight excluding hydrogens is 413 g/mol. The molecule has 0 atom stereocenters. The van der Waals surface area contributed by atoms with Crippen LogP contribution in [0.25, 0.3) is 0 Å². The number of ether oxygens (including phenoxy) is 1. The van der Waals surface area contributed by atoms with Gasteiger partial charge in [-0.05, 0) is 53.5 Å². The monoisotopic (exact) mass is 432 g/mol. The number of primary amides is 1. The lowest BCUT2D eigenvalue weighted by atomic mass is 10.0. The molecule has 0 saturated carbocycles. The number of rotatable bonds is 6. The van der Waals surface area contributed by atoms with Gasteiger partial charge in [0.15, 0.2) is 0 Å². The number of carbonyl (C=O) groups excluding carboxylic acids is 1. The molecule has 0 unspecified atom stereocenters. The fourth-order valence-corrected chi connectivity index (χ4v) is 4.11. The number of anilines is 1. The van der Waals surface area contributed by atoms with E-state index in [1.807, 2.05) is 12.1 Å². The summed E-state index contributed by atoms with van der Waals surface area (Å²) in [7, 11) is 0. The van der Waals surface area contributed by atoms with Crippen LogP contribution in [0.5, 0.6) is 5.75 Å². The first-order valence-corrected chi connectivity index (χ1v) is 9.59. The van der Waals surface area contributed by atoms with Crippen molar-refractivity contribution in [3.05, 3.63) is 69.9 Å². The van der Waals surface area contributed by atoms with E-state index >= 15 is 0 Å². The molecular formula is C22H19F3N2O4. The second-order valence-electron chi connectivity index (χ2n) is 7.52. The SMILES string of the molecule is NC(=O)c1ccc(COc2ccc3c(c2)CC2=C(CC(=O)O)CCN23)cc1C(F)(F)F. The molecule has 0 saturated heterocycles. The standard InChI is InChI=1S/C22H19F3N2O4/c23-22(24,25)17-7-12(1-3-16(17)21(26)30)11-31-15-2-4-18-14(8-15)9-19-13(10-20(28)29)5-6-27(18)19/h1-4,7-8H,5-6,9-11H2,(H2,26,30)(H,28,29). The van der Waals surface area contributed by atoms with Gasteiger partial charge in [0.25, 0.3) is 0 Å². The number of aliphatic carboxylic acids is 1. The van der Waals surface area contributed by atoms with Crippen molar-refractivity contribution in [2.45, 2.75) is 32.0 Å². The van der Waals surface area contributed by atoms with Gasteiger partial charge in [0.2, 0.25) is 5.91 Å². The lowest BCUT2D eigenvalue weighted by Gasteiger charge is -2.16. The highest BCUT2D eigenvalue weighted by molar-refractivity contribution is 5.94. The van der Waals surface area contributed by atoms with Gasteiger partial charge >= 0.3 is 12.1 Å². The molecule has 3 N–H and O–H groups in total. The van der Waals surface area contributed by atoms with E-state index in [1.165, 1.54) is 6.07 Å². The van der Waals surface area contributed by atoms with Crippen LogP contribution >= 0.6 is 0 Å². The number of allylic oxidation sites excluding steroid dienone is 1. The molecule has 9 heteroatoms. The molecule has 0 radical (unpaired) electrons. The van der Waals surface area contributed by atoms with Crippen LogP contribution < -0.4 is 15.4 Å². The maximum atomic E-state index is 13.2. The second-order valence-corrected chi connectivity index (χ2v) is 7.52. The summed E-state index contributed by atoms with van der Waals surface area (Å²) in [5.41, 5.74) is 7.52. The van der Waals surface area contributed by atoms with E-state index in [1.54, 1.807) is 6.07 Å².